The van der Waals surface area contributed by atoms with Gasteiger partial charge in [-0.3, -0.25) is 14.7 Å². The number of pyridine rings is 1. The van der Waals surface area contributed by atoms with Crippen LogP contribution >= 0.6 is 22.7 Å². The Bertz CT molecular complexity index is 1230. The summed E-state index contributed by atoms with van der Waals surface area (Å²) in [6, 6.07) is 1.98. The van der Waals surface area contributed by atoms with Gasteiger partial charge in [-0.25, -0.2) is 4.98 Å². The average Bonchev–Trinajstić information content (AvgIpc) is 3.48. The molecule has 0 spiro atoms. The molecule has 0 unspecified atom stereocenters. The number of aryl methyl sites for hydroxylation is 1. The summed E-state index contributed by atoms with van der Waals surface area (Å²) in [4.78, 5) is 29.3. The first-order valence-electron chi connectivity index (χ1n) is 10.4. The van der Waals surface area contributed by atoms with Crippen molar-refractivity contribution in [3.05, 3.63) is 40.6 Å². The number of nitrogens with one attached hydrogen (secondary N) is 2. The number of hydrogen-bond donors (Lipinski definition) is 2. The van der Waals surface area contributed by atoms with Gasteiger partial charge in [0.2, 0.25) is 11.8 Å². The highest BCUT2D eigenvalue weighted by atomic mass is 32.1. The highest BCUT2D eigenvalue weighted by Crippen LogP contribution is 2.44. The van der Waals surface area contributed by atoms with E-state index in [2.05, 4.69) is 25.8 Å². The lowest BCUT2D eigenvalue weighted by Gasteiger charge is -2.14. The van der Waals surface area contributed by atoms with Crippen LogP contribution in [0.5, 0.6) is 0 Å². The number of anilines is 1. The first-order valence-corrected chi connectivity index (χ1v) is 12.0. The maximum Gasteiger partial charge on any atom is 0.226 e. The minimum absolute atomic E-state index is 0.0169. The van der Waals surface area contributed by atoms with Crippen molar-refractivity contribution in [1.29, 1.82) is 0 Å². The SMILES string of the molecule is Cc1nc(CN(C)CCC(=O)Nc2sc3c(c2-c2nc4cnccc4s2)CCNC3)no1. The molecule has 4 aromatic heterocycles. The van der Waals surface area contributed by atoms with Gasteiger partial charge in [0.1, 0.15) is 15.5 Å². The van der Waals surface area contributed by atoms with Gasteiger partial charge in [0.15, 0.2) is 5.82 Å². The number of nitrogens with zero attached hydrogens (tertiary/aromatic N) is 5. The Balaban J connectivity index is 1.33. The predicted molar refractivity (Wildman–Crippen MR) is 125 cm³/mol. The van der Waals surface area contributed by atoms with Gasteiger partial charge < -0.3 is 15.2 Å². The zero-order valence-electron chi connectivity index (χ0n) is 17.8. The van der Waals surface area contributed by atoms with Gasteiger partial charge in [-0.1, -0.05) is 5.16 Å². The monoisotopic (exact) mass is 469 g/mol. The first kappa shape index (κ1) is 21.1. The standard InChI is InChI=1S/C21H23N7O2S2/c1-12-24-17(27-30-12)11-28(2)8-5-18(29)26-21-19(13-3-6-23-10-16(13)32-21)20-25-14-9-22-7-4-15(14)31-20/h4,7,9,23H,3,5-6,8,10-11H2,1-2H3,(H,26,29). The molecule has 2 N–H and O–H groups in total. The van der Waals surface area contributed by atoms with Crippen LogP contribution in [-0.4, -0.2) is 51.1 Å². The molecule has 0 fully saturated rings. The Labute approximate surface area is 192 Å². The van der Waals surface area contributed by atoms with Crippen LogP contribution in [0.2, 0.25) is 0 Å². The van der Waals surface area contributed by atoms with Crippen molar-refractivity contribution in [2.24, 2.45) is 0 Å². The second-order valence-corrected chi connectivity index (χ2v) is 9.90. The minimum Gasteiger partial charge on any atom is -0.340 e. The number of thiophene rings is 1. The number of rotatable bonds is 7. The third-order valence-electron chi connectivity index (χ3n) is 5.29. The molecule has 0 bridgehead atoms. The number of amides is 1. The van der Waals surface area contributed by atoms with E-state index >= 15 is 0 Å². The Kier molecular flexibility index (Phi) is 5.96. The number of carbonyl (C=O) groups excluding carboxylic acids is 1. The molecular formula is C21H23N7O2S2. The van der Waals surface area contributed by atoms with Crippen molar-refractivity contribution in [2.75, 3.05) is 25.5 Å². The molecular weight excluding hydrogens is 446 g/mol. The molecule has 1 aliphatic rings. The molecule has 166 valence electrons. The molecule has 5 rings (SSSR count). The van der Waals surface area contributed by atoms with Crippen molar-refractivity contribution in [1.82, 2.24) is 30.3 Å². The Hall–Kier alpha value is -2.73. The summed E-state index contributed by atoms with van der Waals surface area (Å²) in [5.74, 6) is 1.15. The maximum atomic E-state index is 12.8. The molecule has 5 heterocycles. The quantitative estimate of drug-likeness (QED) is 0.425. The molecule has 0 saturated heterocycles. The second-order valence-electron chi connectivity index (χ2n) is 7.76. The van der Waals surface area contributed by atoms with Gasteiger partial charge in [-0.05, 0) is 31.6 Å². The lowest BCUT2D eigenvalue weighted by Crippen LogP contribution is -2.24. The highest BCUT2D eigenvalue weighted by Gasteiger charge is 2.25. The van der Waals surface area contributed by atoms with Gasteiger partial charge in [0.05, 0.1) is 17.4 Å². The summed E-state index contributed by atoms with van der Waals surface area (Å²) in [6.07, 6.45) is 4.87. The minimum atomic E-state index is -0.0169. The van der Waals surface area contributed by atoms with Crippen LogP contribution in [0.15, 0.2) is 23.0 Å². The molecule has 0 aromatic carbocycles. The molecule has 0 atom stereocenters. The first-order chi connectivity index (χ1) is 15.6. The highest BCUT2D eigenvalue weighted by molar-refractivity contribution is 7.22. The smallest absolute Gasteiger partial charge is 0.226 e. The zero-order chi connectivity index (χ0) is 22.1. The van der Waals surface area contributed by atoms with Crippen molar-refractivity contribution in [3.8, 4) is 10.6 Å². The summed E-state index contributed by atoms with van der Waals surface area (Å²) in [7, 11) is 1.94. The van der Waals surface area contributed by atoms with Crippen LogP contribution in [0, 0.1) is 6.92 Å². The Morgan fingerprint density at radius 2 is 2.25 bits per heavy atom. The summed E-state index contributed by atoms with van der Waals surface area (Å²) in [5, 5.41) is 12.3. The molecule has 32 heavy (non-hydrogen) atoms. The van der Waals surface area contributed by atoms with Gasteiger partial charge in [-0.2, -0.15) is 4.98 Å². The van der Waals surface area contributed by atoms with E-state index in [1.165, 1.54) is 10.4 Å². The lowest BCUT2D eigenvalue weighted by atomic mass is 10.0. The molecule has 0 saturated carbocycles. The number of fused-ring (bicyclic) bond motifs is 2. The largest absolute Gasteiger partial charge is 0.340 e. The van der Waals surface area contributed by atoms with E-state index in [0.717, 1.165) is 45.3 Å². The van der Waals surface area contributed by atoms with E-state index in [4.69, 9.17) is 9.51 Å². The normalized spacial score (nSPS) is 13.6. The van der Waals surface area contributed by atoms with Gasteiger partial charge >= 0.3 is 0 Å². The lowest BCUT2D eigenvalue weighted by molar-refractivity contribution is -0.116. The van der Waals surface area contributed by atoms with Crippen LogP contribution in [0.3, 0.4) is 0 Å². The molecule has 0 aliphatic carbocycles. The molecule has 9 nitrogen and oxygen atoms in total. The van der Waals surface area contributed by atoms with E-state index < -0.39 is 0 Å². The fourth-order valence-corrected chi connectivity index (χ4v) is 6.05. The summed E-state index contributed by atoms with van der Waals surface area (Å²) >= 11 is 3.29. The molecule has 0 radical (unpaired) electrons. The van der Waals surface area contributed by atoms with Crippen LogP contribution in [0.4, 0.5) is 5.00 Å². The number of hydrogen-bond acceptors (Lipinski definition) is 10. The van der Waals surface area contributed by atoms with Crippen LogP contribution in [0.25, 0.3) is 20.8 Å². The number of aromatic nitrogens is 4. The molecule has 4 aromatic rings. The van der Waals surface area contributed by atoms with Crippen molar-refractivity contribution in [2.45, 2.75) is 32.9 Å². The summed E-state index contributed by atoms with van der Waals surface area (Å²) in [6.45, 7) is 4.64. The fourth-order valence-electron chi connectivity index (χ4n) is 3.74. The van der Waals surface area contributed by atoms with Crippen LogP contribution in [0.1, 0.15) is 28.6 Å². The third kappa shape index (κ3) is 4.42. The predicted octanol–water partition coefficient (Wildman–Crippen LogP) is 3.22. The Morgan fingerprint density at radius 3 is 3.06 bits per heavy atom. The number of thiazole rings is 1. The second kappa shape index (κ2) is 9.02. The van der Waals surface area contributed by atoms with Crippen LogP contribution in [-0.2, 0) is 24.3 Å². The van der Waals surface area contributed by atoms with Crippen LogP contribution < -0.4 is 10.6 Å². The van der Waals surface area contributed by atoms with Crippen molar-refractivity contribution in [3.63, 3.8) is 0 Å². The van der Waals surface area contributed by atoms with E-state index in [-0.39, 0.29) is 5.91 Å². The van der Waals surface area contributed by atoms with E-state index in [9.17, 15) is 4.79 Å². The van der Waals surface area contributed by atoms with Crippen molar-refractivity contribution < 1.29 is 9.32 Å². The van der Waals surface area contributed by atoms with E-state index in [1.54, 1.807) is 42.0 Å². The van der Waals surface area contributed by atoms with Gasteiger partial charge in [0, 0.05) is 43.1 Å². The molecule has 11 heteroatoms. The maximum absolute atomic E-state index is 12.8. The zero-order valence-corrected chi connectivity index (χ0v) is 19.5. The van der Waals surface area contributed by atoms with Crippen molar-refractivity contribution >= 4 is 43.8 Å². The summed E-state index contributed by atoms with van der Waals surface area (Å²) in [5.41, 5.74) is 3.24. The topological polar surface area (TPSA) is 109 Å². The molecule has 1 aliphatic heterocycles. The van der Waals surface area contributed by atoms with Gasteiger partial charge in [-0.15, -0.1) is 22.7 Å². The average molecular weight is 470 g/mol. The van der Waals surface area contributed by atoms with E-state index in [1.807, 2.05) is 18.0 Å². The fraction of sp³-hybridized carbons (Fsp3) is 0.381. The third-order valence-corrected chi connectivity index (χ3v) is 7.49. The van der Waals surface area contributed by atoms with Gasteiger partial charge in [0.25, 0.3) is 0 Å². The Morgan fingerprint density at radius 1 is 1.34 bits per heavy atom. The number of carbonyl (C=O) groups is 1. The summed E-state index contributed by atoms with van der Waals surface area (Å²) < 4.78 is 6.10. The van der Waals surface area contributed by atoms with E-state index in [0.29, 0.717) is 31.2 Å². The molecule has 1 amide bonds.